The van der Waals surface area contributed by atoms with Gasteiger partial charge in [-0.2, -0.15) is 5.10 Å². The molecule has 0 saturated carbocycles. The zero-order valence-corrected chi connectivity index (χ0v) is 19.4. The number of amides is 1. The zero-order valence-electron chi connectivity index (χ0n) is 19.4. The van der Waals surface area contributed by atoms with E-state index in [1.807, 2.05) is 87.5 Å². The summed E-state index contributed by atoms with van der Waals surface area (Å²) in [5.41, 5.74) is 2.24. The molecule has 174 valence electrons. The highest BCUT2D eigenvalue weighted by molar-refractivity contribution is 5.88. The van der Waals surface area contributed by atoms with Gasteiger partial charge in [-0.25, -0.2) is 9.48 Å². The Balaban J connectivity index is 1.57. The minimum Gasteiger partial charge on any atom is -0.481 e. The number of ether oxygens (including phenoxy) is 1. The van der Waals surface area contributed by atoms with Gasteiger partial charge in [-0.1, -0.05) is 63.2 Å². The van der Waals surface area contributed by atoms with Crippen LogP contribution < -0.4 is 10.1 Å². The highest BCUT2D eigenvalue weighted by Crippen LogP contribution is 2.27. The van der Waals surface area contributed by atoms with Crippen molar-refractivity contribution in [2.45, 2.75) is 39.0 Å². The smallest absolute Gasteiger partial charge is 0.418 e. The third kappa shape index (κ3) is 5.43. The molecule has 7 nitrogen and oxygen atoms in total. The monoisotopic (exact) mass is 457 g/mol. The number of carbonyl (C=O) groups is 2. The van der Waals surface area contributed by atoms with Gasteiger partial charge in [-0.15, -0.1) is 0 Å². The predicted octanol–water partition coefficient (Wildman–Crippen LogP) is 5.95. The Morgan fingerprint density at radius 3 is 2.35 bits per heavy atom. The van der Waals surface area contributed by atoms with E-state index >= 15 is 0 Å². The largest absolute Gasteiger partial charge is 0.481 e. The van der Waals surface area contributed by atoms with E-state index in [0.29, 0.717) is 18.0 Å². The lowest BCUT2D eigenvalue weighted by atomic mass is 9.92. The molecule has 7 heteroatoms. The Bertz CT molecular complexity index is 1330. The van der Waals surface area contributed by atoms with E-state index in [2.05, 4.69) is 5.32 Å². The van der Waals surface area contributed by atoms with Crippen LogP contribution in [-0.2, 0) is 16.6 Å². The number of carboxylic acid groups (broad SMARTS) is 1. The highest BCUT2D eigenvalue weighted by atomic mass is 16.6. The minimum atomic E-state index is -0.831. The summed E-state index contributed by atoms with van der Waals surface area (Å²) in [7, 11) is 0. The molecule has 34 heavy (non-hydrogen) atoms. The molecule has 4 aromatic rings. The number of hydrogen-bond acceptors (Lipinski definition) is 4. The topological polar surface area (TPSA) is 93.5 Å². The van der Waals surface area contributed by atoms with Gasteiger partial charge >= 0.3 is 12.1 Å². The number of nitrogens with one attached hydrogen (secondary N) is 1. The molecular weight excluding hydrogens is 430 g/mol. The first-order chi connectivity index (χ1) is 16.2. The molecule has 3 aromatic carbocycles. The van der Waals surface area contributed by atoms with E-state index in [1.54, 1.807) is 10.7 Å². The van der Waals surface area contributed by atoms with Gasteiger partial charge in [-0.05, 0) is 47.0 Å². The molecule has 0 aliphatic carbocycles. The minimum absolute atomic E-state index is 0.0721. The lowest BCUT2D eigenvalue weighted by molar-refractivity contribution is -0.136. The molecule has 0 radical (unpaired) electrons. The second kappa shape index (κ2) is 9.39. The van der Waals surface area contributed by atoms with Crippen molar-refractivity contribution >= 4 is 28.7 Å². The van der Waals surface area contributed by atoms with Crippen LogP contribution in [0, 0.1) is 0 Å². The number of anilines is 1. The second-order valence-corrected chi connectivity index (χ2v) is 9.16. The van der Waals surface area contributed by atoms with Gasteiger partial charge in [0.05, 0.1) is 11.4 Å². The van der Waals surface area contributed by atoms with E-state index in [1.165, 1.54) is 0 Å². The molecule has 0 bridgehead atoms. The maximum Gasteiger partial charge on any atom is 0.418 e. The molecule has 1 heterocycles. The first kappa shape index (κ1) is 23.0. The standard InChI is InChI=1S/C27H27N3O4/c1-27(2,3)23-17-24(30(29-23)21-12-8-18(9-13-21)10-15-25(31)32)28-26(33)34-22-14-11-19-6-4-5-7-20(19)16-22/h4-9,11-14,16-17H,10,15H2,1-3H3,(H,28,33)(H,31,32). The summed E-state index contributed by atoms with van der Waals surface area (Å²) in [4.78, 5) is 23.6. The molecule has 0 aliphatic rings. The van der Waals surface area contributed by atoms with Crippen molar-refractivity contribution in [3.8, 4) is 11.4 Å². The molecule has 1 amide bonds. The fourth-order valence-electron chi connectivity index (χ4n) is 3.56. The number of carboxylic acids is 1. The maximum absolute atomic E-state index is 12.7. The molecule has 0 aliphatic heterocycles. The van der Waals surface area contributed by atoms with E-state index in [0.717, 1.165) is 27.7 Å². The van der Waals surface area contributed by atoms with Gasteiger partial charge in [0.2, 0.25) is 0 Å². The van der Waals surface area contributed by atoms with Crippen LogP contribution >= 0.6 is 0 Å². The van der Waals surface area contributed by atoms with E-state index in [4.69, 9.17) is 14.9 Å². The fourth-order valence-corrected chi connectivity index (χ4v) is 3.56. The molecule has 0 unspecified atom stereocenters. The van der Waals surface area contributed by atoms with Crippen molar-refractivity contribution < 1.29 is 19.4 Å². The average Bonchev–Trinajstić information content (AvgIpc) is 3.22. The van der Waals surface area contributed by atoms with Gasteiger partial charge in [0, 0.05) is 17.9 Å². The molecule has 0 spiro atoms. The summed E-state index contributed by atoms with van der Waals surface area (Å²) < 4.78 is 7.19. The number of benzene rings is 3. The van der Waals surface area contributed by atoms with Crippen LogP contribution in [0.1, 0.15) is 38.4 Å². The van der Waals surface area contributed by atoms with E-state index in [9.17, 15) is 9.59 Å². The summed E-state index contributed by atoms with van der Waals surface area (Å²) in [6.45, 7) is 6.14. The summed E-state index contributed by atoms with van der Waals surface area (Å²) in [5.74, 6) is 0.0949. The van der Waals surface area contributed by atoms with Gasteiger partial charge in [0.1, 0.15) is 11.6 Å². The lowest BCUT2D eigenvalue weighted by Gasteiger charge is -2.14. The molecular formula is C27H27N3O4. The summed E-state index contributed by atoms with van der Waals surface area (Å²) in [6.07, 6.45) is -0.0941. The quantitative estimate of drug-likeness (QED) is 0.373. The predicted molar refractivity (Wildman–Crippen MR) is 132 cm³/mol. The van der Waals surface area contributed by atoms with Crippen LogP contribution in [0.4, 0.5) is 10.6 Å². The number of nitrogens with zero attached hydrogens (tertiary/aromatic N) is 2. The number of aliphatic carboxylic acids is 1. The number of aromatic nitrogens is 2. The van der Waals surface area contributed by atoms with Gasteiger partial charge in [0.15, 0.2) is 0 Å². The van der Waals surface area contributed by atoms with Crippen molar-refractivity contribution in [2.24, 2.45) is 0 Å². The first-order valence-electron chi connectivity index (χ1n) is 11.1. The maximum atomic E-state index is 12.7. The van der Waals surface area contributed by atoms with Crippen molar-refractivity contribution in [1.82, 2.24) is 9.78 Å². The Morgan fingerprint density at radius 1 is 0.971 bits per heavy atom. The Kier molecular flexibility index (Phi) is 6.36. The van der Waals surface area contributed by atoms with E-state index in [-0.39, 0.29) is 11.8 Å². The third-order valence-electron chi connectivity index (χ3n) is 5.45. The van der Waals surface area contributed by atoms with Gasteiger partial charge in [-0.3, -0.25) is 10.1 Å². The Hall–Kier alpha value is -4.13. The third-order valence-corrected chi connectivity index (χ3v) is 5.45. The highest BCUT2D eigenvalue weighted by Gasteiger charge is 2.22. The number of rotatable bonds is 6. The average molecular weight is 458 g/mol. The second-order valence-electron chi connectivity index (χ2n) is 9.16. The van der Waals surface area contributed by atoms with Crippen LogP contribution in [-0.4, -0.2) is 26.9 Å². The normalized spacial score (nSPS) is 11.4. The molecule has 0 saturated heterocycles. The Labute approximate surface area is 198 Å². The van der Waals surface area contributed by atoms with Gasteiger partial charge in [0.25, 0.3) is 0 Å². The number of aryl methyl sites for hydroxylation is 1. The van der Waals surface area contributed by atoms with Crippen molar-refractivity contribution in [3.05, 3.63) is 84.1 Å². The molecule has 1 aromatic heterocycles. The van der Waals surface area contributed by atoms with Crippen LogP contribution in [0.5, 0.6) is 5.75 Å². The summed E-state index contributed by atoms with van der Waals surface area (Å²) in [6, 6.07) is 22.6. The molecule has 0 fully saturated rings. The fraction of sp³-hybridized carbons (Fsp3) is 0.222. The summed E-state index contributed by atoms with van der Waals surface area (Å²) in [5, 5.41) is 18.5. The number of fused-ring (bicyclic) bond motifs is 1. The SMILES string of the molecule is CC(C)(C)c1cc(NC(=O)Oc2ccc3ccccc3c2)n(-c2ccc(CCC(=O)O)cc2)n1. The van der Waals surface area contributed by atoms with Crippen molar-refractivity contribution in [1.29, 1.82) is 0 Å². The van der Waals surface area contributed by atoms with Crippen molar-refractivity contribution in [2.75, 3.05) is 5.32 Å². The number of carbonyl (C=O) groups excluding carboxylic acids is 1. The zero-order chi connectivity index (χ0) is 24.3. The number of hydrogen-bond donors (Lipinski definition) is 2. The van der Waals surface area contributed by atoms with Crippen LogP contribution in [0.3, 0.4) is 0 Å². The molecule has 0 atom stereocenters. The molecule has 2 N–H and O–H groups in total. The van der Waals surface area contributed by atoms with Crippen LogP contribution in [0.25, 0.3) is 16.5 Å². The Morgan fingerprint density at radius 2 is 1.68 bits per heavy atom. The van der Waals surface area contributed by atoms with Gasteiger partial charge < -0.3 is 9.84 Å². The van der Waals surface area contributed by atoms with Crippen LogP contribution in [0.2, 0.25) is 0 Å². The first-order valence-corrected chi connectivity index (χ1v) is 11.1. The van der Waals surface area contributed by atoms with E-state index < -0.39 is 12.1 Å². The lowest BCUT2D eigenvalue weighted by Crippen LogP contribution is -2.19. The van der Waals surface area contributed by atoms with Crippen LogP contribution in [0.15, 0.2) is 72.8 Å². The summed E-state index contributed by atoms with van der Waals surface area (Å²) >= 11 is 0. The molecule has 4 rings (SSSR count). The van der Waals surface area contributed by atoms with Crippen molar-refractivity contribution in [3.63, 3.8) is 0 Å².